The summed E-state index contributed by atoms with van der Waals surface area (Å²) >= 11 is 0. The first kappa shape index (κ1) is 17.6. The van der Waals surface area contributed by atoms with Gasteiger partial charge in [-0.25, -0.2) is 9.97 Å². The van der Waals surface area contributed by atoms with Gasteiger partial charge in [-0.05, 0) is 31.5 Å². The van der Waals surface area contributed by atoms with Crippen molar-refractivity contribution in [3.05, 3.63) is 72.1 Å². The van der Waals surface area contributed by atoms with Gasteiger partial charge in [0.15, 0.2) is 0 Å². The molecule has 0 radical (unpaired) electrons. The second-order valence-corrected chi connectivity index (χ2v) is 6.01. The molecular weight excluding hydrogens is 324 g/mol. The number of nitrogens with zero attached hydrogens (tertiary/aromatic N) is 2. The summed E-state index contributed by atoms with van der Waals surface area (Å²) in [6, 6.07) is 19.3. The minimum atomic E-state index is -0.0701. The lowest BCUT2D eigenvalue weighted by Crippen LogP contribution is -2.23. The number of aryl methyl sites for hydroxylation is 1. The first-order valence-electron chi connectivity index (χ1n) is 8.72. The van der Waals surface area contributed by atoms with Crippen molar-refractivity contribution < 1.29 is 4.79 Å². The summed E-state index contributed by atoms with van der Waals surface area (Å²) in [7, 11) is 0. The van der Waals surface area contributed by atoms with Crippen LogP contribution in [0.1, 0.15) is 29.5 Å². The third kappa shape index (κ3) is 4.45. The van der Waals surface area contributed by atoms with Crippen LogP contribution in [0.2, 0.25) is 0 Å². The molecule has 0 spiro atoms. The van der Waals surface area contributed by atoms with E-state index >= 15 is 0 Å². The van der Waals surface area contributed by atoms with Gasteiger partial charge in [0.25, 0.3) is 5.91 Å². The number of hydrogen-bond acceptors (Lipinski definition) is 4. The zero-order valence-corrected chi connectivity index (χ0v) is 15.0. The molecule has 1 amide bonds. The van der Waals surface area contributed by atoms with E-state index in [0.717, 1.165) is 23.4 Å². The van der Waals surface area contributed by atoms with Crippen molar-refractivity contribution in [2.24, 2.45) is 0 Å². The fraction of sp³-hybridized carbons (Fsp3) is 0.190. The second-order valence-electron chi connectivity index (χ2n) is 6.01. The van der Waals surface area contributed by atoms with Gasteiger partial charge in [-0.3, -0.25) is 4.79 Å². The first-order valence-corrected chi connectivity index (χ1v) is 8.72. The molecular formula is C21H22N4O. The van der Waals surface area contributed by atoms with Gasteiger partial charge in [0, 0.05) is 29.4 Å². The van der Waals surface area contributed by atoms with Crippen molar-refractivity contribution in [2.75, 3.05) is 11.9 Å². The van der Waals surface area contributed by atoms with Crippen LogP contribution in [0, 0.1) is 6.92 Å². The predicted molar refractivity (Wildman–Crippen MR) is 105 cm³/mol. The van der Waals surface area contributed by atoms with Gasteiger partial charge in [-0.1, -0.05) is 43.3 Å². The molecule has 0 aliphatic heterocycles. The number of nitrogens with one attached hydrogen (secondary N) is 2. The van der Waals surface area contributed by atoms with Gasteiger partial charge in [0.2, 0.25) is 0 Å². The number of benzene rings is 2. The summed E-state index contributed by atoms with van der Waals surface area (Å²) in [4.78, 5) is 21.1. The van der Waals surface area contributed by atoms with Crippen LogP contribution in [0.3, 0.4) is 0 Å². The fourth-order valence-corrected chi connectivity index (χ4v) is 2.62. The maximum atomic E-state index is 12.1. The van der Waals surface area contributed by atoms with E-state index < -0.39 is 0 Å². The predicted octanol–water partition coefficient (Wildman–Crippen LogP) is 4.34. The summed E-state index contributed by atoms with van der Waals surface area (Å²) in [5, 5.41) is 6.16. The number of aromatic nitrogens is 2. The molecule has 0 saturated carbocycles. The van der Waals surface area contributed by atoms with E-state index in [1.165, 1.54) is 0 Å². The number of carbonyl (C=O) groups excluding carboxylic acids is 1. The molecule has 132 valence electrons. The van der Waals surface area contributed by atoms with Gasteiger partial charge in [-0.15, -0.1) is 0 Å². The highest BCUT2D eigenvalue weighted by Crippen LogP contribution is 2.22. The van der Waals surface area contributed by atoms with Crippen LogP contribution in [-0.4, -0.2) is 22.4 Å². The molecule has 2 aromatic carbocycles. The molecule has 0 aliphatic rings. The number of hydrogen-bond donors (Lipinski definition) is 2. The molecule has 0 saturated heterocycles. The molecule has 3 rings (SSSR count). The van der Waals surface area contributed by atoms with Crippen LogP contribution in [0.5, 0.6) is 0 Å². The van der Waals surface area contributed by atoms with Gasteiger partial charge < -0.3 is 10.6 Å². The number of rotatable bonds is 6. The Bertz CT molecular complexity index is 894. The molecule has 3 aromatic rings. The Labute approximate surface area is 153 Å². The first-order chi connectivity index (χ1) is 12.7. The smallest absolute Gasteiger partial charge is 0.251 e. The maximum Gasteiger partial charge on any atom is 0.251 e. The number of amides is 1. The Kier molecular flexibility index (Phi) is 5.59. The zero-order valence-electron chi connectivity index (χ0n) is 15.0. The largest absolute Gasteiger partial charge is 0.352 e. The lowest BCUT2D eigenvalue weighted by atomic mass is 10.1. The van der Waals surface area contributed by atoms with Gasteiger partial charge >= 0.3 is 0 Å². The fourth-order valence-electron chi connectivity index (χ4n) is 2.62. The summed E-state index contributed by atoms with van der Waals surface area (Å²) in [6.45, 7) is 4.56. The van der Waals surface area contributed by atoms with Crippen LogP contribution in [0.25, 0.3) is 11.3 Å². The Morgan fingerprint density at radius 2 is 1.81 bits per heavy atom. The van der Waals surface area contributed by atoms with Crippen molar-refractivity contribution in [1.82, 2.24) is 15.3 Å². The normalized spacial score (nSPS) is 10.4. The Hall–Kier alpha value is -3.21. The minimum absolute atomic E-state index is 0.0701. The Morgan fingerprint density at radius 1 is 1.00 bits per heavy atom. The van der Waals surface area contributed by atoms with E-state index in [1.54, 1.807) is 6.07 Å². The van der Waals surface area contributed by atoms with Crippen LogP contribution >= 0.6 is 0 Å². The monoisotopic (exact) mass is 346 g/mol. The second kappa shape index (κ2) is 8.25. The molecule has 0 unspecified atom stereocenters. The van der Waals surface area contributed by atoms with E-state index in [2.05, 4.69) is 20.6 Å². The van der Waals surface area contributed by atoms with Gasteiger partial charge in [0.05, 0.1) is 5.69 Å². The lowest BCUT2D eigenvalue weighted by Gasteiger charge is -2.10. The molecule has 0 aliphatic carbocycles. The zero-order chi connectivity index (χ0) is 18.4. The molecule has 0 fully saturated rings. The summed E-state index contributed by atoms with van der Waals surface area (Å²) in [6.07, 6.45) is 0.909. The highest BCUT2D eigenvalue weighted by Gasteiger charge is 2.08. The lowest BCUT2D eigenvalue weighted by molar-refractivity contribution is 0.0953. The average molecular weight is 346 g/mol. The molecule has 0 atom stereocenters. The van der Waals surface area contributed by atoms with E-state index in [-0.39, 0.29) is 5.91 Å². The van der Waals surface area contributed by atoms with E-state index in [4.69, 9.17) is 0 Å². The van der Waals surface area contributed by atoms with Crippen molar-refractivity contribution >= 4 is 17.4 Å². The molecule has 5 nitrogen and oxygen atoms in total. The molecule has 0 bridgehead atoms. The number of anilines is 2. The maximum absolute atomic E-state index is 12.1. The van der Waals surface area contributed by atoms with Crippen molar-refractivity contribution in [3.63, 3.8) is 0 Å². The number of carbonyl (C=O) groups is 1. The van der Waals surface area contributed by atoms with Crippen LogP contribution in [-0.2, 0) is 0 Å². The van der Waals surface area contributed by atoms with E-state index in [0.29, 0.717) is 23.8 Å². The summed E-state index contributed by atoms with van der Waals surface area (Å²) < 4.78 is 0. The SMILES string of the molecule is CCCNC(=O)c1cccc(Nc2cc(-c3ccccc3)nc(C)n2)c1. The Balaban J connectivity index is 1.83. The van der Waals surface area contributed by atoms with Crippen LogP contribution in [0.15, 0.2) is 60.7 Å². The summed E-state index contributed by atoms with van der Waals surface area (Å²) in [5.74, 6) is 1.31. The quantitative estimate of drug-likeness (QED) is 0.697. The van der Waals surface area contributed by atoms with Crippen molar-refractivity contribution in [2.45, 2.75) is 20.3 Å². The summed E-state index contributed by atoms with van der Waals surface area (Å²) in [5.41, 5.74) is 3.33. The molecule has 1 aromatic heterocycles. The van der Waals surface area contributed by atoms with Crippen molar-refractivity contribution in [1.29, 1.82) is 0 Å². The van der Waals surface area contributed by atoms with Crippen LogP contribution < -0.4 is 10.6 Å². The third-order valence-electron chi connectivity index (χ3n) is 3.84. The molecule has 26 heavy (non-hydrogen) atoms. The van der Waals surface area contributed by atoms with Crippen LogP contribution in [0.4, 0.5) is 11.5 Å². The third-order valence-corrected chi connectivity index (χ3v) is 3.84. The molecule has 5 heteroatoms. The van der Waals surface area contributed by atoms with Gasteiger partial charge in [0.1, 0.15) is 11.6 Å². The van der Waals surface area contributed by atoms with E-state index in [1.807, 2.05) is 68.4 Å². The average Bonchev–Trinajstić information content (AvgIpc) is 2.66. The Morgan fingerprint density at radius 3 is 2.58 bits per heavy atom. The standard InChI is InChI=1S/C21H22N4O/c1-3-12-22-21(26)17-10-7-11-18(13-17)25-20-14-19(23-15(2)24-20)16-8-5-4-6-9-16/h4-11,13-14H,3,12H2,1-2H3,(H,22,26)(H,23,24,25). The van der Waals surface area contributed by atoms with Gasteiger partial charge in [-0.2, -0.15) is 0 Å². The molecule has 2 N–H and O–H groups in total. The highest BCUT2D eigenvalue weighted by atomic mass is 16.1. The topological polar surface area (TPSA) is 66.9 Å². The van der Waals surface area contributed by atoms with Crippen molar-refractivity contribution in [3.8, 4) is 11.3 Å². The highest BCUT2D eigenvalue weighted by molar-refractivity contribution is 5.95. The molecule has 1 heterocycles. The van der Waals surface area contributed by atoms with E-state index in [9.17, 15) is 4.79 Å². The minimum Gasteiger partial charge on any atom is -0.352 e.